The average Bonchev–Trinajstić information content (AvgIpc) is 3.21. The van der Waals surface area contributed by atoms with E-state index in [4.69, 9.17) is 23.0 Å². The molecule has 9 heteroatoms. The summed E-state index contributed by atoms with van der Waals surface area (Å²) < 4.78 is 27.4. The van der Waals surface area contributed by atoms with Crippen molar-refractivity contribution in [2.75, 3.05) is 20.3 Å². The van der Waals surface area contributed by atoms with Gasteiger partial charge in [0.05, 0.1) is 6.61 Å². The molecule has 176 valence electrons. The van der Waals surface area contributed by atoms with Gasteiger partial charge in [-0.25, -0.2) is 9.59 Å². The first-order valence-electron chi connectivity index (χ1n) is 10.5. The van der Waals surface area contributed by atoms with Gasteiger partial charge in [0, 0.05) is 40.9 Å². The smallest absolute Gasteiger partial charge is 0.379 e. The number of hydrogen-bond donors (Lipinski definition) is 0. The topological polar surface area (TPSA) is 105 Å². The van der Waals surface area contributed by atoms with E-state index in [1.54, 1.807) is 31.2 Å². The van der Waals surface area contributed by atoms with Crippen molar-refractivity contribution in [1.82, 2.24) is 0 Å². The van der Waals surface area contributed by atoms with E-state index in [0.29, 0.717) is 28.7 Å². The van der Waals surface area contributed by atoms with Crippen LogP contribution in [0.4, 0.5) is 0 Å². The fourth-order valence-electron chi connectivity index (χ4n) is 3.49. The molecule has 4 aromatic rings. The second-order valence-corrected chi connectivity index (χ2v) is 8.52. The van der Waals surface area contributed by atoms with Gasteiger partial charge in [0.15, 0.2) is 0 Å². The summed E-state index contributed by atoms with van der Waals surface area (Å²) in [5.74, 6) is -0.944. The van der Waals surface area contributed by atoms with E-state index < -0.39 is 17.6 Å². The van der Waals surface area contributed by atoms with Gasteiger partial charge >= 0.3 is 17.6 Å². The van der Waals surface area contributed by atoms with Gasteiger partial charge in [-0.15, -0.1) is 0 Å². The van der Waals surface area contributed by atoms with Crippen LogP contribution in [0.3, 0.4) is 0 Å². The Hall–Kier alpha value is -3.43. The fraction of sp³-hybridized carbons (Fsp3) is 0.240. The summed E-state index contributed by atoms with van der Waals surface area (Å²) in [6.45, 7) is 2.23. The van der Waals surface area contributed by atoms with Gasteiger partial charge in [0.2, 0.25) is 5.76 Å². The molecule has 0 aliphatic heterocycles. The third-order valence-electron chi connectivity index (χ3n) is 5.16. The summed E-state index contributed by atoms with van der Waals surface area (Å²) in [4.78, 5) is 36.8. The number of ether oxygens (including phenoxy) is 3. The van der Waals surface area contributed by atoms with Crippen molar-refractivity contribution in [1.29, 1.82) is 0 Å². The van der Waals surface area contributed by atoms with Crippen molar-refractivity contribution < 1.29 is 32.6 Å². The molecule has 0 saturated heterocycles. The van der Waals surface area contributed by atoms with Crippen molar-refractivity contribution in [3.05, 3.63) is 74.2 Å². The summed E-state index contributed by atoms with van der Waals surface area (Å²) in [6, 6.07) is 11.6. The quantitative estimate of drug-likeness (QED) is 0.137. The number of fused-ring (bicyclic) bond motifs is 2. The second kappa shape index (κ2) is 10.2. The lowest BCUT2D eigenvalue weighted by Gasteiger charge is -2.12. The van der Waals surface area contributed by atoms with E-state index in [0.717, 1.165) is 9.86 Å². The molecule has 0 unspecified atom stereocenters. The Labute approximate surface area is 202 Å². The number of methoxy groups -OCH3 is 1. The maximum atomic E-state index is 12.9. The van der Waals surface area contributed by atoms with E-state index in [9.17, 15) is 14.4 Å². The highest BCUT2D eigenvalue weighted by Crippen LogP contribution is 2.30. The van der Waals surface area contributed by atoms with E-state index in [-0.39, 0.29) is 36.5 Å². The standard InChI is InChI=1S/C25H21BrO8/c1-14-9-24(28)33-21-13-20(15(11-18(14)21)3-6-23(27)31-8-7-30-2)34-25(29)22-12-16-10-17(26)4-5-19(16)32-22/h4-5,9-13H,3,6-8H2,1-2H3. The van der Waals surface area contributed by atoms with Crippen molar-refractivity contribution in [3.63, 3.8) is 0 Å². The maximum Gasteiger partial charge on any atom is 0.379 e. The highest BCUT2D eigenvalue weighted by Gasteiger charge is 2.19. The third kappa shape index (κ3) is 5.37. The van der Waals surface area contributed by atoms with Crippen LogP contribution in [0.1, 0.15) is 28.1 Å². The molecule has 0 amide bonds. The van der Waals surface area contributed by atoms with Crippen LogP contribution in [0.5, 0.6) is 5.75 Å². The SMILES string of the molecule is COCCOC(=O)CCc1cc2c(C)cc(=O)oc2cc1OC(=O)c1cc2cc(Br)ccc2o1. The Bertz CT molecular complexity index is 1430. The van der Waals surface area contributed by atoms with Crippen molar-refractivity contribution >= 4 is 49.8 Å². The van der Waals surface area contributed by atoms with Gasteiger partial charge in [-0.3, -0.25) is 4.79 Å². The maximum absolute atomic E-state index is 12.9. The molecule has 0 fully saturated rings. The van der Waals surface area contributed by atoms with Gasteiger partial charge in [0.1, 0.15) is 23.5 Å². The van der Waals surface area contributed by atoms with Crippen LogP contribution < -0.4 is 10.4 Å². The number of halogens is 1. The molecule has 0 atom stereocenters. The largest absolute Gasteiger partial charge is 0.463 e. The summed E-state index contributed by atoms with van der Waals surface area (Å²) in [5.41, 5.74) is 1.58. The van der Waals surface area contributed by atoms with E-state index in [1.807, 2.05) is 6.07 Å². The van der Waals surface area contributed by atoms with E-state index >= 15 is 0 Å². The molecule has 2 aromatic carbocycles. The molecular formula is C25H21BrO8. The first kappa shape index (κ1) is 23.7. The zero-order valence-electron chi connectivity index (χ0n) is 18.5. The highest BCUT2D eigenvalue weighted by molar-refractivity contribution is 9.10. The van der Waals surface area contributed by atoms with Crippen LogP contribution in [-0.4, -0.2) is 32.3 Å². The van der Waals surface area contributed by atoms with E-state index in [1.165, 1.54) is 19.2 Å². The number of rotatable bonds is 8. The number of hydrogen-bond acceptors (Lipinski definition) is 8. The van der Waals surface area contributed by atoms with Gasteiger partial charge in [-0.1, -0.05) is 15.9 Å². The summed E-state index contributed by atoms with van der Waals surface area (Å²) in [7, 11) is 1.52. The first-order valence-corrected chi connectivity index (χ1v) is 11.3. The Balaban J connectivity index is 1.64. The molecule has 0 bridgehead atoms. The predicted molar refractivity (Wildman–Crippen MR) is 127 cm³/mol. The lowest BCUT2D eigenvalue weighted by molar-refractivity contribution is -0.144. The van der Waals surface area contributed by atoms with Crippen molar-refractivity contribution in [3.8, 4) is 5.75 Å². The Morgan fingerprint density at radius 2 is 1.82 bits per heavy atom. The van der Waals surface area contributed by atoms with Crippen molar-refractivity contribution in [2.24, 2.45) is 0 Å². The Kier molecular flexibility index (Phi) is 7.14. The van der Waals surface area contributed by atoms with Gasteiger partial charge < -0.3 is 23.0 Å². The number of carbonyl (C=O) groups is 2. The molecule has 0 aliphatic carbocycles. The summed E-state index contributed by atoms with van der Waals surface area (Å²) in [6.07, 6.45) is 0.310. The molecule has 2 aromatic heterocycles. The molecule has 8 nitrogen and oxygen atoms in total. The van der Waals surface area contributed by atoms with Gasteiger partial charge in [-0.2, -0.15) is 0 Å². The average molecular weight is 529 g/mol. The summed E-state index contributed by atoms with van der Waals surface area (Å²) in [5, 5.41) is 1.41. The minimum Gasteiger partial charge on any atom is -0.463 e. The number of benzene rings is 2. The minimum absolute atomic E-state index is 0.0174. The number of furan rings is 1. The van der Waals surface area contributed by atoms with Crippen LogP contribution in [-0.2, 0) is 20.7 Å². The fourth-order valence-corrected chi connectivity index (χ4v) is 3.87. The molecule has 2 heterocycles. The highest BCUT2D eigenvalue weighted by atomic mass is 79.9. The zero-order valence-corrected chi connectivity index (χ0v) is 20.1. The van der Waals surface area contributed by atoms with Crippen LogP contribution in [0, 0.1) is 6.92 Å². The monoisotopic (exact) mass is 528 g/mol. The Morgan fingerprint density at radius 3 is 2.62 bits per heavy atom. The third-order valence-corrected chi connectivity index (χ3v) is 5.66. The van der Waals surface area contributed by atoms with Crippen LogP contribution in [0.25, 0.3) is 21.9 Å². The molecular weight excluding hydrogens is 508 g/mol. The predicted octanol–water partition coefficient (Wildman–Crippen LogP) is 4.95. The van der Waals surface area contributed by atoms with Crippen molar-refractivity contribution in [2.45, 2.75) is 19.8 Å². The molecule has 0 saturated carbocycles. The van der Waals surface area contributed by atoms with E-state index in [2.05, 4.69) is 15.9 Å². The molecule has 0 N–H and O–H groups in total. The number of aryl methyl sites for hydroxylation is 2. The molecule has 0 radical (unpaired) electrons. The minimum atomic E-state index is -0.717. The normalized spacial score (nSPS) is 11.1. The molecule has 4 rings (SSSR count). The molecule has 34 heavy (non-hydrogen) atoms. The zero-order chi connectivity index (χ0) is 24.2. The van der Waals surface area contributed by atoms with Crippen LogP contribution in [0.15, 0.2) is 60.6 Å². The number of carbonyl (C=O) groups excluding carboxylic acids is 2. The lowest BCUT2D eigenvalue weighted by atomic mass is 10.0. The van der Waals surface area contributed by atoms with Crippen LogP contribution in [0.2, 0.25) is 0 Å². The number of esters is 2. The van der Waals surface area contributed by atoms with Crippen LogP contribution >= 0.6 is 15.9 Å². The second-order valence-electron chi connectivity index (χ2n) is 7.60. The molecule has 0 aliphatic rings. The Morgan fingerprint density at radius 1 is 1.00 bits per heavy atom. The van der Waals surface area contributed by atoms with Gasteiger partial charge in [0.25, 0.3) is 0 Å². The lowest BCUT2D eigenvalue weighted by Crippen LogP contribution is -2.12. The molecule has 0 spiro atoms. The summed E-state index contributed by atoms with van der Waals surface area (Å²) >= 11 is 3.39. The van der Waals surface area contributed by atoms with Gasteiger partial charge in [-0.05, 0) is 54.8 Å². The first-order chi connectivity index (χ1) is 16.3.